The summed E-state index contributed by atoms with van der Waals surface area (Å²) < 4.78 is 13.9. The molecule has 27 heavy (non-hydrogen) atoms. The van der Waals surface area contributed by atoms with E-state index in [1.54, 1.807) is 0 Å². The molecule has 0 bridgehead atoms. The van der Waals surface area contributed by atoms with Crippen LogP contribution in [0.3, 0.4) is 0 Å². The van der Waals surface area contributed by atoms with E-state index < -0.39 is 11.8 Å². The molecule has 0 radical (unpaired) electrons. The summed E-state index contributed by atoms with van der Waals surface area (Å²) in [6, 6.07) is 3.41. The van der Waals surface area contributed by atoms with E-state index in [0.717, 1.165) is 43.9 Å². The minimum atomic E-state index is -1.18. The number of carboxylic acids is 1. The summed E-state index contributed by atoms with van der Waals surface area (Å²) in [5, 5.41) is 14.6. The fourth-order valence-electron chi connectivity index (χ4n) is 4.00. The van der Waals surface area contributed by atoms with E-state index in [4.69, 9.17) is 5.11 Å². The summed E-state index contributed by atoms with van der Waals surface area (Å²) in [5.41, 5.74) is -0.193. The molecule has 2 fully saturated rings. The zero-order valence-electron chi connectivity index (χ0n) is 15.2. The van der Waals surface area contributed by atoms with Gasteiger partial charge in [0.1, 0.15) is 5.82 Å². The summed E-state index contributed by atoms with van der Waals surface area (Å²) in [5.74, 6) is -2.15. The van der Waals surface area contributed by atoms with Crippen LogP contribution in [-0.4, -0.2) is 28.9 Å². The molecule has 0 saturated heterocycles. The molecule has 7 heteroatoms. The molecular formula is C20H25FN2O4. The highest BCUT2D eigenvalue weighted by Gasteiger charge is 2.30. The monoisotopic (exact) mass is 376 g/mol. The van der Waals surface area contributed by atoms with Crippen LogP contribution in [-0.2, 0) is 9.59 Å². The lowest BCUT2D eigenvalue weighted by molar-refractivity contribution is -0.125. The van der Waals surface area contributed by atoms with Crippen molar-refractivity contribution in [1.82, 2.24) is 5.32 Å². The van der Waals surface area contributed by atoms with Crippen LogP contribution in [0.4, 0.5) is 10.1 Å². The SMILES string of the molecule is O=C(O)c1ccc(F)c(NC(=O)C2CCC(NC(=O)C3CCCC3)CC2)c1. The normalized spacial score (nSPS) is 23.0. The molecule has 0 unspecified atom stereocenters. The highest BCUT2D eigenvalue weighted by atomic mass is 19.1. The second-order valence-electron chi connectivity index (χ2n) is 7.53. The molecule has 2 amide bonds. The second kappa shape index (κ2) is 8.50. The first kappa shape index (κ1) is 19.3. The zero-order chi connectivity index (χ0) is 19.4. The van der Waals surface area contributed by atoms with Gasteiger partial charge in [0.15, 0.2) is 0 Å². The summed E-state index contributed by atoms with van der Waals surface area (Å²) in [6.07, 6.45) is 6.82. The number of carbonyl (C=O) groups excluding carboxylic acids is 2. The fourth-order valence-corrected chi connectivity index (χ4v) is 4.00. The number of aromatic carboxylic acids is 1. The molecule has 0 atom stereocenters. The predicted molar refractivity (Wildman–Crippen MR) is 97.8 cm³/mol. The maximum Gasteiger partial charge on any atom is 0.335 e. The molecule has 2 saturated carbocycles. The molecule has 3 rings (SSSR count). The Labute approximate surface area is 157 Å². The van der Waals surface area contributed by atoms with E-state index in [1.165, 1.54) is 0 Å². The number of hydrogen-bond acceptors (Lipinski definition) is 3. The van der Waals surface area contributed by atoms with Gasteiger partial charge in [0.25, 0.3) is 0 Å². The average molecular weight is 376 g/mol. The molecular weight excluding hydrogens is 351 g/mol. The van der Waals surface area contributed by atoms with Crippen molar-refractivity contribution >= 4 is 23.5 Å². The smallest absolute Gasteiger partial charge is 0.335 e. The van der Waals surface area contributed by atoms with E-state index in [1.807, 2.05) is 0 Å². The summed E-state index contributed by atoms with van der Waals surface area (Å²) in [7, 11) is 0. The number of rotatable bonds is 5. The largest absolute Gasteiger partial charge is 0.478 e. The lowest BCUT2D eigenvalue weighted by Crippen LogP contribution is -2.41. The molecule has 2 aliphatic rings. The second-order valence-corrected chi connectivity index (χ2v) is 7.53. The van der Waals surface area contributed by atoms with Crippen LogP contribution in [0.2, 0.25) is 0 Å². The number of nitrogens with one attached hydrogen (secondary N) is 2. The maximum atomic E-state index is 13.9. The number of hydrogen-bond donors (Lipinski definition) is 3. The molecule has 3 N–H and O–H groups in total. The molecule has 0 aromatic heterocycles. The van der Waals surface area contributed by atoms with Gasteiger partial charge in [-0.2, -0.15) is 0 Å². The molecule has 6 nitrogen and oxygen atoms in total. The van der Waals surface area contributed by atoms with E-state index in [-0.39, 0.29) is 40.9 Å². The van der Waals surface area contributed by atoms with Gasteiger partial charge < -0.3 is 15.7 Å². The van der Waals surface area contributed by atoms with Crippen molar-refractivity contribution in [2.75, 3.05) is 5.32 Å². The van der Waals surface area contributed by atoms with Crippen LogP contribution in [0, 0.1) is 17.7 Å². The van der Waals surface area contributed by atoms with E-state index in [9.17, 15) is 18.8 Å². The van der Waals surface area contributed by atoms with Crippen LogP contribution in [0.1, 0.15) is 61.7 Å². The van der Waals surface area contributed by atoms with Crippen molar-refractivity contribution in [3.8, 4) is 0 Å². The quantitative estimate of drug-likeness (QED) is 0.734. The van der Waals surface area contributed by atoms with Crippen molar-refractivity contribution < 1.29 is 23.9 Å². The summed E-state index contributed by atoms with van der Waals surface area (Å²) in [4.78, 5) is 35.6. The Balaban J connectivity index is 1.50. The van der Waals surface area contributed by atoms with Gasteiger partial charge in [-0.1, -0.05) is 12.8 Å². The van der Waals surface area contributed by atoms with Crippen molar-refractivity contribution in [3.05, 3.63) is 29.6 Å². The van der Waals surface area contributed by atoms with Crippen LogP contribution in [0.15, 0.2) is 18.2 Å². The van der Waals surface area contributed by atoms with Gasteiger partial charge in [0.2, 0.25) is 11.8 Å². The summed E-state index contributed by atoms with van der Waals surface area (Å²) in [6.45, 7) is 0. The first-order chi connectivity index (χ1) is 12.9. The van der Waals surface area contributed by atoms with Gasteiger partial charge in [-0.05, 0) is 56.7 Å². The molecule has 146 valence electrons. The van der Waals surface area contributed by atoms with E-state index in [0.29, 0.717) is 25.7 Å². The Bertz CT molecular complexity index is 723. The van der Waals surface area contributed by atoms with E-state index >= 15 is 0 Å². The Morgan fingerprint density at radius 3 is 2.19 bits per heavy atom. The Morgan fingerprint density at radius 1 is 0.926 bits per heavy atom. The standard InChI is InChI=1S/C20H25FN2O4/c21-16-10-7-14(20(26)27)11-17(16)23-19(25)13-5-8-15(9-6-13)22-18(24)12-3-1-2-4-12/h7,10-13,15H,1-6,8-9H2,(H,22,24)(H,23,25)(H,26,27). The number of amides is 2. The van der Waals surface area contributed by atoms with Crippen LogP contribution >= 0.6 is 0 Å². The Kier molecular flexibility index (Phi) is 6.08. The minimum Gasteiger partial charge on any atom is -0.478 e. The number of halogens is 1. The molecule has 1 aromatic rings. The first-order valence-corrected chi connectivity index (χ1v) is 9.58. The third-order valence-corrected chi connectivity index (χ3v) is 5.64. The average Bonchev–Trinajstić information content (AvgIpc) is 3.18. The molecule has 2 aliphatic carbocycles. The van der Waals surface area contributed by atoms with Crippen molar-refractivity contribution in [1.29, 1.82) is 0 Å². The van der Waals surface area contributed by atoms with Gasteiger partial charge in [0.05, 0.1) is 11.3 Å². The number of benzene rings is 1. The maximum absolute atomic E-state index is 13.9. The molecule has 1 aromatic carbocycles. The van der Waals surface area contributed by atoms with Crippen LogP contribution < -0.4 is 10.6 Å². The zero-order valence-corrected chi connectivity index (χ0v) is 15.2. The third-order valence-electron chi connectivity index (χ3n) is 5.64. The van der Waals surface area contributed by atoms with Crippen LogP contribution in [0.5, 0.6) is 0 Å². The number of carboxylic acid groups (broad SMARTS) is 1. The molecule has 0 heterocycles. The number of carbonyl (C=O) groups is 3. The molecule has 0 aliphatic heterocycles. The predicted octanol–water partition coefficient (Wildman–Crippen LogP) is 3.33. The topological polar surface area (TPSA) is 95.5 Å². The van der Waals surface area contributed by atoms with Gasteiger partial charge >= 0.3 is 5.97 Å². The van der Waals surface area contributed by atoms with Crippen LogP contribution in [0.25, 0.3) is 0 Å². The van der Waals surface area contributed by atoms with E-state index in [2.05, 4.69) is 10.6 Å². The van der Waals surface area contributed by atoms with Gasteiger partial charge in [0, 0.05) is 17.9 Å². The van der Waals surface area contributed by atoms with Gasteiger partial charge in [-0.25, -0.2) is 9.18 Å². The van der Waals surface area contributed by atoms with Gasteiger partial charge in [-0.15, -0.1) is 0 Å². The van der Waals surface area contributed by atoms with Crippen molar-refractivity contribution in [3.63, 3.8) is 0 Å². The van der Waals surface area contributed by atoms with Crippen molar-refractivity contribution in [2.24, 2.45) is 11.8 Å². The lowest BCUT2D eigenvalue weighted by Gasteiger charge is -2.29. The van der Waals surface area contributed by atoms with Crippen molar-refractivity contribution in [2.45, 2.75) is 57.4 Å². The fraction of sp³-hybridized carbons (Fsp3) is 0.550. The Morgan fingerprint density at radius 2 is 1.56 bits per heavy atom. The summed E-state index contributed by atoms with van der Waals surface area (Å²) >= 11 is 0. The highest BCUT2D eigenvalue weighted by Crippen LogP contribution is 2.29. The first-order valence-electron chi connectivity index (χ1n) is 9.58. The third kappa shape index (κ3) is 4.84. The van der Waals surface area contributed by atoms with Gasteiger partial charge in [-0.3, -0.25) is 9.59 Å². The lowest BCUT2D eigenvalue weighted by atomic mass is 9.85. The highest BCUT2D eigenvalue weighted by molar-refractivity contribution is 5.95. The minimum absolute atomic E-state index is 0.0787. The Hall–Kier alpha value is -2.44. The molecule has 0 spiro atoms. The number of anilines is 1.